The molecular weight excluding hydrogens is 386 g/mol. The van der Waals surface area contributed by atoms with Crippen molar-refractivity contribution < 1.29 is 24.2 Å². The van der Waals surface area contributed by atoms with Crippen LogP contribution in [-0.2, 0) is 16.0 Å². The molecule has 2 aromatic carbocycles. The number of carbonyl (C=O) groups is 2. The third-order valence-corrected chi connectivity index (χ3v) is 4.19. The number of nitrogens with zero attached hydrogens (tertiary/aromatic N) is 1. The molecule has 8 heteroatoms. The number of rotatable bonds is 9. The Labute approximate surface area is 175 Å². The van der Waals surface area contributed by atoms with Crippen molar-refractivity contribution in [3.8, 4) is 17.2 Å². The van der Waals surface area contributed by atoms with Gasteiger partial charge in [0, 0.05) is 5.54 Å². The van der Waals surface area contributed by atoms with Crippen LogP contribution in [0.15, 0.2) is 47.6 Å². The van der Waals surface area contributed by atoms with Gasteiger partial charge in [-0.2, -0.15) is 5.10 Å². The molecule has 30 heavy (non-hydrogen) atoms. The summed E-state index contributed by atoms with van der Waals surface area (Å²) in [5.74, 6) is 0.390. The number of carbonyl (C=O) groups excluding carboxylic acids is 2. The Morgan fingerprint density at radius 2 is 1.70 bits per heavy atom. The number of hydrogen-bond donors (Lipinski definition) is 3. The number of hydrogen-bond acceptors (Lipinski definition) is 6. The molecule has 0 atom stereocenters. The SMILES string of the molecule is COc1ccc(/C=N/NC(=O)CC(=O)NC(C)(C)Cc2ccc(O)cc2)cc1OC. The lowest BCUT2D eigenvalue weighted by Crippen LogP contribution is -2.46. The molecule has 0 bridgehead atoms. The van der Waals surface area contributed by atoms with Gasteiger partial charge in [-0.05, 0) is 61.7 Å². The summed E-state index contributed by atoms with van der Waals surface area (Å²) in [6.07, 6.45) is 1.66. The largest absolute Gasteiger partial charge is 0.508 e. The summed E-state index contributed by atoms with van der Waals surface area (Å²) in [4.78, 5) is 24.2. The molecule has 2 amide bonds. The molecule has 160 valence electrons. The molecule has 0 radical (unpaired) electrons. The van der Waals surface area contributed by atoms with Crippen LogP contribution in [0.3, 0.4) is 0 Å². The van der Waals surface area contributed by atoms with Gasteiger partial charge in [0.25, 0.3) is 0 Å². The minimum absolute atomic E-state index is 0.186. The van der Waals surface area contributed by atoms with Crippen LogP contribution in [0.4, 0.5) is 0 Å². The highest BCUT2D eigenvalue weighted by Gasteiger charge is 2.22. The highest BCUT2D eigenvalue weighted by Crippen LogP contribution is 2.26. The Hall–Kier alpha value is -3.55. The molecule has 0 saturated heterocycles. The number of aromatic hydroxyl groups is 1. The number of methoxy groups -OCH3 is 2. The van der Waals surface area contributed by atoms with E-state index >= 15 is 0 Å². The van der Waals surface area contributed by atoms with Crippen LogP contribution in [0, 0.1) is 0 Å². The van der Waals surface area contributed by atoms with Gasteiger partial charge in [0.05, 0.1) is 20.4 Å². The molecule has 0 aromatic heterocycles. The van der Waals surface area contributed by atoms with Crippen molar-refractivity contribution >= 4 is 18.0 Å². The predicted molar refractivity (Wildman–Crippen MR) is 114 cm³/mol. The summed E-state index contributed by atoms with van der Waals surface area (Å²) in [7, 11) is 3.07. The fraction of sp³-hybridized carbons (Fsp3) is 0.318. The van der Waals surface area contributed by atoms with Crippen LogP contribution >= 0.6 is 0 Å². The molecule has 2 rings (SSSR count). The number of hydrazone groups is 1. The van der Waals surface area contributed by atoms with Crippen LogP contribution in [0.2, 0.25) is 0 Å². The molecule has 0 aliphatic carbocycles. The molecule has 2 aromatic rings. The average molecular weight is 413 g/mol. The Morgan fingerprint density at radius 1 is 1.03 bits per heavy atom. The van der Waals surface area contributed by atoms with Gasteiger partial charge in [-0.15, -0.1) is 0 Å². The van der Waals surface area contributed by atoms with Crippen LogP contribution < -0.4 is 20.2 Å². The Morgan fingerprint density at radius 3 is 2.33 bits per heavy atom. The van der Waals surface area contributed by atoms with Gasteiger partial charge < -0.3 is 19.9 Å². The second-order valence-corrected chi connectivity index (χ2v) is 7.36. The van der Waals surface area contributed by atoms with Crippen molar-refractivity contribution in [3.63, 3.8) is 0 Å². The van der Waals surface area contributed by atoms with Crippen molar-refractivity contribution in [1.29, 1.82) is 0 Å². The van der Waals surface area contributed by atoms with E-state index in [9.17, 15) is 14.7 Å². The highest BCUT2D eigenvalue weighted by molar-refractivity contribution is 5.97. The first-order chi connectivity index (χ1) is 14.2. The van der Waals surface area contributed by atoms with Gasteiger partial charge in [0.2, 0.25) is 11.8 Å². The molecule has 3 N–H and O–H groups in total. The van der Waals surface area contributed by atoms with E-state index in [1.165, 1.54) is 13.3 Å². The first-order valence-corrected chi connectivity index (χ1v) is 9.35. The maximum absolute atomic E-state index is 12.2. The fourth-order valence-electron chi connectivity index (χ4n) is 2.89. The minimum atomic E-state index is -0.558. The number of ether oxygens (including phenoxy) is 2. The van der Waals surface area contributed by atoms with E-state index in [0.717, 1.165) is 5.56 Å². The second kappa shape index (κ2) is 10.3. The van der Waals surface area contributed by atoms with Crippen LogP contribution in [0.1, 0.15) is 31.4 Å². The summed E-state index contributed by atoms with van der Waals surface area (Å²) in [6, 6.07) is 12.0. The quantitative estimate of drug-likeness (QED) is 0.332. The molecule has 0 aliphatic heterocycles. The minimum Gasteiger partial charge on any atom is -0.508 e. The Bertz CT molecular complexity index is 907. The number of nitrogens with one attached hydrogen (secondary N) is 2. The Kier molecular flexibility index (Phi) is 7.80. The van der Waals surface area contributed by atoms with E-state index in [0.29, 0.717) is 23.5 Å². The summed E-state index contributed by atoms with van der Waals surface area (Å²) < 4.78 is 10.4. The van der Waals surface area contributed by atoms with Gasteiger partial charge in [-0.3, -0.25) is 9.59 Å². The van der Waals surface area contributed by atoms with Crippen molar-refractivity contribution in [2.24, 2.45) is 5.10 Å². The van der Waals surface area contributed by atoms with Crippen LogP contribution in [-0.4, -0.2) is 42.9 Å². The van der Waals surface area contributed by atoms with E-state index in [2.05, 4.69) is 15.8 Å². The molecule has 0 aliphatic rings. The second-order valence-electron chi connectivity index (χ2n) is 7.36. The number of phenols is 1. The van der Waals surface area contributed by atoms with E-state index in [-0.39, 0.29) is 12.2 Å². The monoisotopic (exact) mass is 413 g/mol. The van der Waals surface area contributed by atoms with Gasteiger partial charge >= 0.3 is 0 Å². The van der Waals surface area contributed by atoms with E-state index < -0.39 is 17.4 Å². The molecule has 0 spiro atoms. The van der Waals surface area contributed by atoms with Gasteiger partial charge in [0.15, 0.2) is 11.5 Å². The molecular formula is C22H27N3O5. The van der Waals surface area contributed by atoms with Gasteiger partial charge in [-0.25, -0.2) is 5.43 Å². The normalized spacial score (nSPS) is 11.2. The summed E-state index contributed by atoms with van der Waals surface area (Å²) in [5.41, 5.74) is 3.44. The molecule has 8 nitrogen and oxygen atoms in total. The first-order valence-electron chi connectivity index (χ1n) is 9.35. The molecule has 0 unspecified atom stereocenters. The number of phenolic OH excluding ortho intramolecular Hbond substituents is 1. The zero-order valence-electron chi connectivity index (χ0n) is 17.6. The topological polar surface area (TPSA) is 109 Å². The van der Waals surface area contributed by atoms with Crippen molar-refractivity contribution in [2.75, 3.05) is 14.2 Å². The third kappa shape index (κ3) is 7.12. The third-order valence-electron chi connectivity index (χ3n) is 4.19. The maximum atomic E-state index is 12.2. The molecule has 0 saturated carbocycles. The lowest BCUT2D eigenvalue weighted by molar-refractivity contribution is -0.130. The summed E-state index contributed by atoms with van der Waals surface area (Å²) in [5, 5.41) is 16.1. The van der Waals surface area contributed by atoms with E-state index in [1.807, 2.05) is 13.8 Å². The van der Waals surface area contributed by atoms with E-state index in [1.54, 1.807) is 49.6 Å². The zero-order chi connectivity index (χ0) is 22.1. The lowest BCUT2D eigenvalue weighted by Gasteiger charge is -2.26. The summed E-state index contributed by atoms with van der Waals surface area (Å²) >= 11 is 0. The van der Waals surface area contributed by atoms with Gasteiger partial charge in [-0.1, -0.05) is 12.1 Å². The molecule has 0 fully saturated rings. The standard InChI is InChI=1S/C22H27N3O5/c1-22(2,13-15-5-8-17(26)9-6-15)24-20(27)12-21(28)25-23-14-16-7-10-18(29-3)19(11-16)30-4/h5-11,14,26H,12-13H2,1-4H3,(H,24,27)(H,25,28)/b23-14+. The van der Waals surface area contributed by atoms with E-state index in [4.69, 9.17) is 9.47 Å². The fourth-order valence-corrected chi connectivity index (χ4v) is 2.89. The lowest BCUT2D eigenvalue weighted by atomic mass is 9.94. The molecule has 0 heterocycles. The predicted octanol–water partition coefficient (Wildman–Crippen LogP) is 2.39. The van der Waals surface area contributed by atoms with Crippen molar-refractivity contribution in [1.82, 2.24) is 10.7 Å². The zero-order valence-corrected chi connectivity index (χ0v) is 17.6. The van der Waals surface area contributed by atoms with Crippen molar-refractivity contribution in [2.45, 2.75) is 32.2 Å². The summed E-state index contributed by atoms with van der Waals surface area (Å²) in [6.45, 7) is 3.73. The van der Waals surface area contributed by atoms with Crippen molar-refractivity contribution in [3.05, 3.63) is 53.6 Å². The average Bonchev–Trinajstić information content (AvgIpc) is 2.68. The number of benzene rings is 2. The van der Waals surface area contributed by atoms with Gasteiger partial charge in [0.1, 0.15) is 12.2 Å². The van der Waals surface area contributed by atoms with Crippen LogP contribution in [0.25, 0.3) is 0 Å². The highest BCUT2D eigenvalue weighted by atomic mass is 16.5. The number of amides is 2. The Balaban J connectivity index is 1.84. The van der Waals surface area contributed by atoms with Crippen LogP contribution in [0.5, 0.6) is 17.2 Å². The first kappa shape index (κ1) is 22.7. The smallest absolute Gasteiger partial charge is 0.249 e. The maximum Gasteiger partial charge on any atom is 0.249 e.